The first-order valence-corrected chi connectivity index (χ1v) is 12.2. The highest BCUT2D eigenvalue weighted by atomic mass is 32.2. The van der Waals surface area contributed by atoms with Crippen LogP contribution in [0.3, 0.4) is 0 Å². The van der Waals surface area contributed by atoms with E-state index in [1.54, 1.807) is 12.1 Å². The van der Waals surface area contributed by atoms with Crippen molar-refractivity contribution < 1.29 is 22.7 Å². The van der Waals surface area contributed by atoms with Crippen LogP contribution in [-0.4, -0.2) is 69.1 Å². The number of sulfone groups is 1. The van der Waals surface area contributed by atoms with Gasteiger partial charge in [0, 0.05) is 44.8 Å². The monoisotopic (exact) mass is 422 g/mol. The average molecular weight is 423 g/mol. The Morgan fingerprint density at radius 3 is 2.17 bits per heavy atom. The highest BCUT2D eigenvalue weighted by Crippen LogP contribution is 2.27. The summed E-state index contributed by atoms with van der Waals surface area (Å²) in [6, 6.07) is 6.28. The molecule has 0 spiro atoms. The largest absolute Gasteiger partial charge is 0.494 e. The summed E-state index contributed by atoms with van der Waals surface area (Å²) >= 11 is 0. The number of hydrogen-bond donors (Lipinski definition) is 0. The fourth-order valence-corrected chi connectivity index (χ4v) is 4.59. The zero-order valence-electron chi connectivity index (χ0n) is 17.0. The van der Waals surface area contributed by atoms with Gasteiger partial charge in [0.2, 0.25) is 11.8 Å². The van der Waals surface area contributed by atoms with Crippen LogP contribution in [0, 0.1) is 5.92 Å². The molecule has 0 atom stereocenters. The maximum atomic E-state index is 12.5. The molecular formula is C21H30N2O5S. The minimum atomic E-state index is -3.21. The quantitative estimate of drug-likeness (QED) is 0.629. The number of ether oxygens (including phenoxy) is 1. The first-order valence-electron chi connectivity index (χ1n) is 10.3. The van der Waals surface area contributed by atoms with Crippen molar-refractivity contribution >= 4 is 21.7 Å². The minimum Gasteiger partial charge on any atom is -0.494 e. The summed E-state index contributed by atoms with van der Waals surface area (Å²) in [5.74, 6) is 1.14. The van der Waals surface area contributed by atoms with E-state index in [9.17, 15) is 18.0 Å². The van der Waals surface area contributed by atoms with Crippen molar-refractivity contribution in [2.45, 2.75) is 43.4 Å². The van der Waals surface area contributed by atoms with Crippen LogP contribution in [0.2, 0.25) is 0 Å². The molecule has 2 amide bonds. The Kier molecular flexibility index (Phi) is 7.16. The van der Waals surface area contributed by atoms with Crippen LogP contribution in [0.5, 0.6) is 5.75 Å². The second-order valence-electron chi connectivity index (χ2n) is 7.88. The van der Waals surface area contributed by atoms with Gasteiger partial charge in [-0.25, -0.2) is 8.42 Å². The smallest absolute Gasteiger partial charge is 0.225 e. The highest BCUT2D eigenvalue weighted by molar-refractivity contribution is 7.90. The molecule has 1 aliphatic carbocycles. The molecule has 1 aromatic rings. The Hall–Kier alpha value is -2.09. The number of hydrogen-bond acceptors (Lipinski definition) is 5. The molecule has 3 rings (SSSR count). The summed E-state index contributed by atoms with van der Waals surface area (Å²) in [5, 5.41) is 0. The first-order chi connectivity index (χ1) is 13.8. The Morgan fingerprint density at radius 2 is 1.59 bits per heavy atom. The van der Waals surface area contributed by atoms with Crippen molar-refractivity contribution in [3.63, 3.8) is 0 Å². The average Bonchev–Trinajstić information content (AvgIpc) is 3.25. The van der Waals surface area contributed by atoms with E-state index in [0.29, 0.717) is 51.4 Å². The molecule has 1 heterocycles. The van der Waals surface area contributed by atoms with Crippen LogP contribution in [0.4, 0.5) is 0 Å². The topological polar surface area (TPSA) is 84.0 Å². The number of carbonyl (C=O) groups is 2. The molecule has 0 bridgehead atoms. The zero-order valence-corrected chi connectivity index (χ0v) is 17.8. The molecule has 2 fully saturated rings. The number of benzene rings is 1. The molecule has 0 N–H and O–H groups in total. The lowest BCUT2D eigenvalue weighted by Crippen LogP contribution is -2.51. The van der Waals surface area contributed by atoms with E-state index < -0.39 is 9.84 Å². The Morgan fingerprint density at radius 1 is 1.00 bits per heavy atom. The summed E-state index contributed by atoms with van der Waals surface area (Å²) in [5.41, 5.74) is 0. The second kappa shape index (κ2) is 9.61. The van der Waals surface area contributed by atoms with Crippen LogP contribution in [0.25, 0.3) is 0 Å². The SMILES string of the molecule is CS(=O)(=O)c1ccc(OCCCC(=O)N2CCN(C(=O)C3CCCC3)CC2)cc1. The Bertz CT molecular complexity index is 808. The normalized spacial score (nSPS) is 18.1. The summed E-state index contributed by atoms with van der Waals surface area (Å²) in [7, 11) is -3.21. The van der Waals surface area contributed by atoms with Crippen molar-refractivity contribution in [3.05, 3.63) is 24.3 Å². The molecule has 7 nitrogen and oxygen atoms in total. The third-order valence-corrected chi connectivity index (χ3v) is 6.83. The molecule has 8 heteroatoms. The van der Waals surface area contributed by atoms with Crippen molar-refractivity contribution in [2.24, 2.45) is 5.92 Å². The van der Waals surface area contributed by atoms with Crippen molar-refractivity contribution in [1.82, 2.24) is 9.80 Å². The van der Waals surface area contributed by atoms with Crippen molar-refractivity contribution in [3.8, 4) is 5.75 Å². The minimum absolute atomic E-state index is 0.0917. The Balaban J connectivity index is 1.34. The van der Waals surface area contributed by atoms with Crippen LogP contribution in [0.1, 0.15) is 38.5 Å². The van der Waals surface area contributed by atoms with Gasteiger partial charge in [-0.3, -0.25) is 9.59 Å². The molecule has 1 aromatic carbocycles. The van der Waals surface area contributed by atoms with Gasteiger partial charge < -0.3 is 14.5 Å². The van der Waals surface area contributed by atoms with E-state index in [0.717, 1.165) is 25.7 Å². The molecule has 2 aliphatic rings. The number of amides is 2. The van der Waals surface area contributed by atoms with Crippen LogP contribution in [0.15, 0.2) is 29.2 Å². The fourth-order valence-electron chi connectivity index (χ4n) is 3.96. The van der Waals surface area contributed by atoms with Gasteiger partial charge in [0.25, 0.3) is 0 Å². The predicted octanol–water partition coefficient (Wildman–Crippen LogP) is 2.11. The third-order valence-electron chi connectivity index (χ3n) is 5.70. The van der Waals surface area contributed by atoms with E-state index in [2.05, 4.69) is 0 Å². The van der Waals surface area contributed by atoms with Gasteiger partial charge in [-0.15, -0.1) is 0 Å². The van der Waals surface area contributed by atoms with Gasteiger partial charge in [-0.1, -0.05) is 12.8 Å². The van der Waals surface area contributed by atoms with Gasteiger partial charge in [0.05, 0.1) is 11.5 Å². The molecule has 0 unspecified atom stereocenters. The second-order valence-corrected chi connectivity index (χ2v) is 9.90. The molecule has 1 aliphatic heterocycles. The van der Waals surface area contributed by atoms with E-state index in [4.69, 9.17) is 4.74 Å². The van der Waals surface area contributed by atoms with Crippen LogP contribution < -0.4 is 4.74 Å². The number of nitrogens with zero attached hydrogens (tertiary/aromatic N) is 2. The molecule has 1 saturated heterocycles. The lowest BCUT2D eigenvalue weighted by molar-refractivity contribution is -0.142. The lowest BCUT2D eigenvalue weighted by Gasteiger charge is -2.36. The summed E-state index contributed by atoms with van der Waals surface area (Å²) in [4.78, 5) is 28.9. The molecule has 0 radical (unpaired) electrons. The maximum Gasteiger partial charge on any atom is 0.225 e. The number of rotatable bonds is 7. The lowest BCUT2D eigenvalue weighted by atomic mass is 10.1. The number of piperazine rings is 1. The molecule has 0 aromatic heterocycles. The van der Waals surface area contributed by atoms with Crippen LogP contribution in [-0.2, 0) is 19.4 Å². The van der Waals surface area contributed by atoms with Gasteiger partial charge in [0.15, 0.2) is 9.84 Å². The molecule has 29 heavy (non-hydrogen) atoms. The molecule has 1 saturated carbocycles. The molecule has 160 valence electrons. The summed E-state index contributed by atoms with van der Waals surface area (Å²) in [6.45, 7) is 2.86. The van der Waals surface area contributed by atoms with Crippen molar-refractivity contribution in [2.75, 3.05) is 39.0 Å². The Labute approximate surface area is 172 Å². The van der Waals surface area contributed by atoms with Crippen molar-refractivity contribution in [1.29, 1.82) is 0 Å². The summed E-state index contributed by atoms with van der Waals surface area (Å²) in [6.07, 6.45) is 6.48. The first kappa shape index (κ1) is 21.6. The summed E-state index contributed by atoms with van der Waals surface area (Å²) < 4.78 is 28.5. The van der Waals surface area contributed by atoms with Gasteiger partial charge in [-0.05, 0) is 43.5 Å². The van der Waals surface area contributed by atoms with E-state index in [1.807, 2.05) is 9.80 Å². The number of carbonyl (C=O) groups excluding carboxylic acids is 2. The van der Waals surface area contributed by atoms with E-state index in [1.165, 1.54) is 18.4 Å². The zero-order chi connectivity index (χ0) is 20.9. The highest BCUT2D eigenvalue weighted by Gasteiger charge is 2.30. The van der Waals surface area contributed by atoms with Crippen LogP contribution >= 0.6 is 0 Å². The van der Waals surface area contributed by atoms with E-state index >= 15 is 0 Å². The predicted molar refractivity (Wildman–Crippen MR) is 109 cm³/mol. The third kappa shape index (κ3) is 5.95. The van der Waals surface area contributed by atoms with Gasteiger partial charge >= 0.3 is 0 Å². The maximum absolute atomic E-state index is 12.5. The fraction of sp³-hybridized carbons (Fsp3) is 0.619. The van der Waals surface area contributed by atoms with Gasteiger partial charge in [-0.2, -0.15) is 0 Å². The molecular weight excluding hydrogens is 392 g/mol. The van der Waals surface area contributed by atoms with E-state index in [-0.39, 0.29) is 22.6 Å². The van der Waals surface area contributed by atoms with Gasteiger partial charge in [0.1, 0.15) is 5.75 Å². The standard InChI is InChI=1S/C21H30N2O5S/c1-29(26,27)19-10-8-18(9-11-19)28-16-4-7-20(24)22-12-14-23(15-13-22)21(25)17-5-2-3-6-17/h8-11,17H,2-7,12-16H2,1H3.